The highest BCUT2D eigenvalue weighted by atomic mass is 16.5. The zero-order chi connectivity index (χ0) is 14.7. The lowest BCUT2D eigenvalue weighted by Gasteiger charge is -2.31. The summed E-state index contributed by atoms with van der Waals surface area (Å²) < 4.78 is 11.0. The summed E-state index contributed by atoms with van der Waals surface area (Å²) in [5.41, 5.74) is 1.88. The molecule has 1 fully saturated rings. The van der Waals surface area contributed by atoms with Crippen LogP contribution in [-0.4, -0.2) is 39.2 Å². The summed E-state index contributed by atoms with van der Waals surface area (Å²) in [6.07, 6.45) is 5.61. The van der Waals surface area contributed by atoms with Gasteiger partial charge in [-0.1, -0.05) is 5.16 Å². The highest BCUT2D eigenvalue weighted by Gasteiger charge is 2.21. The molecule has 6 heteroatoms. The molecule has 1 aliphatic heterocycles. The Morgan fingerprint density at radius 1 is 1.29 bits per heavy atom. The molecule has 2 aromatic rings. The van der Waals surface area contributed by atoms with Gasteiger partial charge in [0.2, 0.25) is 5.88 Å². The topological polar surface area (TPSA) is 64.3 Å². The van der Waals surface area contributed by atoms with E-state index in [0.717, 1.165) is 49.6 Å². The van der Waals surface area contributed by atoms with Crippen molar-refractivity contribution in [2.45, 2.75) is 39.3 Å². The average molecular weight is 288 g/mol. The quantitative estimate of drug-likeness (QED) is 0.858. The van der Waals surface area contributed by atoms with Gasteiger partial charge in [0.25, 0.3) is 0 Å². The third kappa shape index (κ3) is 3.78. The van der Waals surface area contributed by atoms with Crippen LogP contribution in [0.1, 0.15) is 30.0 Å². The van der Waals surface area contributed by atoms with Gasteiger partial charge >= 0.3 is 0 Å². The van der Waals surface area contributed by atoms with E-state index in [1.807, 2.05) is 19.9 Å². The van der Waals surface area contributed by atoms with Crippen molar-refractivity contribution in [2.75, 3.05) is 13.1 Å². The Morgan fingerprint density at radius 2 is 2.10 bits per heavy atom. The predicted octanol–water partition coefficient (Wildman–Crippen LogP) is 2.12. The first-order valence-electron chi connectivity index (χ1n) is 7.29. The van der Waals surface area contributed by atoms with E-state index in [0.29, 0.717) is 5.88 Å². The van der Waals surface area contributed by atoms with Gasteiger partial charge in [0.05, 0.1) is 17.6 Å². The zero-order valence-electron chi connectivity index (χ0n) is 12.5. The fourth-order valence-electron chi connectivity index (χ4n) is 2.57. The number of ether oxygens (including phenoxy) is 1. The van der Waals surface area contributed by atoms with Crippen molar-refractivity contribution in [1.29, 1.82) is 0 Å². The lowest BCUT2D eigenvalue weighted by atomic mass is 10.1. The maximum Gasteiger partial charge on any atom is 0.232 e. The Kier molecular flexibility index (Phi) is 4.15. The van der Waals surface area contributed by atoms with Gasteiger partial charge in [-0.05, 0) is 26.7 Å². The van der Waals surface area contributed by atoms with Crippen molar-refractivity contribution in [3.8, 4) is 5.88 Å². The molecule has 0 atom stereocenters. The molecule has 21 heavy (non-hydrogen) atoms. The standard InChI is InChI=1S/C15H20N4O2/c1-11-8-16-9-15(17-11)20-14-3-5-19(6-4-14)10-13-7-12(2)21-18-13/h7-9,14H,3-6,10H2,1-2H3. The van der Waals surface area contributed by atoms with E-state index >= 15 is 0 Å². The molecule has 0 aromatic carbocycles. The molecule has 0 N–H and O–H groups in total. The zero-order valence-corrected chi connectivity index (χ0v) is 12.5. The molecule has 0 unspecified atom stereocenters. The van der Waals surface area contributed by atoms with Gasteiger partial charge in [0.15, 0.2) is 0 Å². The monoisotopic (exact) mass is 288 g/mol. The van der Waals surface area contributed by atoms with Gasteiger partial charge in [-0.25, -0.2) is 4.98 Å². The molecule has 1 aliphatic rings. The molecule has 0 saturated carbocycles. The highest BCUT2D eigenvalue weighted by molar-refractivity contribution is 5.08. The Balaban J connectivity index is 1.48. The molecule has 0 aliphatic carbocycles. The second kappa shape index (κ2) is 6.22. The largest absolute Gasteiger partial charge is 0.473 e. The fourth-order valence-corrected chi connectivity index (χ4v) is 2.57. The molecule has 0 radical (unpaired) electrons. The Labute approximate surface area is 124 Å². The Hall–Kier alpha value is -1.95. The smallest absolute Gasteiger partial charge is 0.232 e. The summed E-state index contributed by atoms with van der Waals surface area (Å²) in [6.45, 7) is 6.67. The Bertz CT molecular complexity index is 591. The molecule has 0 spiro atoms. The van der Waals surface area contributed by atoms with Gasteiger partial charge in [0, 0.05) is 31.9 Å². The van der Waals surface area contributed by atoms with Crippen molar-refractivity contribution in [3.63, 3.8) is 0 Å². The first kappa shape index (κ1) is 14.0. The minimum absolute atomic E-state index is 0.219. The van der Waals surface area contributed by atoms with Crippen LogP contribution in [0.2, 0.25) is 0 Å². The van der Waals surface area contributed by atoms with Gasteiger partial charge < -0.3 is 9.26 Å². The van der Waals surface area contributed by atoms with Crippen LogP contribution in [-0.2, 0) is 6.54 Å². The molecule has 2 aromatic heterocycles. The third-order valence-electron chi connectivity index (χ3n) is 3.62. The van der Waals surface area contributed by atoms with Gasteiger partial charge in [-0.2, -0.15) is 0 Å². The van der Waals surface area contributed by atoms with Crippen LogP contribution in [0, 0.1) is 13.8 Å². The van der Waals surface area contributed by atoms with Crippen molar-refractivity contribution >= 4 is 0 Å². The van der Waals surface area contributed by atoms with Crippen molar-refractivity contribution in [1.82, 2.24) is 20.0 Å². The van der Waals surface area contributed by atoms with E-state index in [-0.39, 0.29) is 6.10 Å². The maximum atomic E-state index is 5.90. The summed E-state index contributed by atoms with van der Waals surface area (Å²) >= 11 is 0. The van der Waals surface area contributed by atoms with Crippen molar-refractivity contribution in [3.05, 3.63) is 35.6 Å². The van der Waals surface area contributed by atoms with Crippen LogP contribution in [0.3, 0.4) is 0 Å². The predicted molar refractivity (Wildman–Crippen MR) is 76.9 cm³/mol. The summed E-state index contributed by atoms with van der Waals surface area (Å²) in [5.74, 6) is 1.49. The number of nitrogens with zero attached hydrogens (tertiary/aromatic N) is 4. The molecule has 3 rings (SSSR count). The first-order chi connectivity index (χ1) is 10.2. The molecule has 0 bridgehead atoms. The minimum atomic E-state index is 0.219. The number of likely N-dealkylation sites (tertiary alicyclic amines) is 1. The van der Waals surface area contributed by atoms with Crippen LogP contribution in [0.25, 0.3) is 0 Å². The van der Waals surface area contributed by atoms with Crippen molar-refractivity contribution < 1.29 is 9.26 Å². The molecule has 1 saturated heterocycles. The minimum Gasteiger partial charge on any atom is -0.473 e. The SMILES string of the molecule is Cc1cncc(OC2CCN(Cc3cc(C)on3)CC2)n1. The number of hydrogen-bond donors (Lipinski definition) is 0. The molecule has 112 valence electrons. The molecular formula is C15H20N4O2. The lowest BCUT2D eigenvalue weighted by Crippen LogP contribution is -2.38. The highest BCUT2D eigenvalue weighted by Crippen LogP contribution is 2.18. The van der Waals surface area contributed by atoms with E-state index in [9.17, 15) is 0 Å². The van der Waals surface area contributed by atoms with E-state index in [1.165, 1.54) is 0 Å². The molecule has 3 heterocycles. The Morgan fingerprint density at radius 3 is 2.76 bits per heavy atom. The van der Waals surface area contributed by atoms with E-state index in [2.05, 4.69) is 20.0 Å². The average Bonchev–Trinajstić information content (AvgIpc) is 2.86. The second-order valence-corrected chi connectivity index (χ2v) is 5.52. The summed E-state index contributed by atoms with van der Waals surface area (Å²) in [5, 5.41) is 4.04. The van der Waals surface area contributed by atoms with Crippen LogP contribution >= 0.6 is 0 Å². The van der Waals surface area contributed by atoms with Gasteiger partial charge in [-0.15, -0.1) is 0 Å². The molecule has 0 amide bonds. The van der Waals surface area contributed by atoms with Crippen molar-refractivity contribution in [2.24, 2.45) is 0 Å². The second-order valence-electron chi connectivity index (χ2n) is 5.52. The first-order valence-corrected chi connectivity index (χ1v) is 7.29. The maximum absolute atomic E-state index is 5.90. The van der Waals surface area contributed by atoms with E-state index in [1.54, 1.807) is 12.4 Å². The summed E-state index contributed by atoms with van der Waals surface area (Å²) in [7, 11) is 0. The van der Waals surface area contributed by atoms with Crippen LogP contribution in [0.4, 0.5) is 0 Å². The normalized spacial score (nSPS) is 17.0. The van der Waals surface area contributed by atoms with E-state index < -0.39 is 0 Å². The number of hydrogen-bond acceptors (Lipinski definition) is 6. The van der Waals surface area contributed by atoms with Gasteiger partial charge in [0.1, 0.15) is 11.9 Å². The number of aromatic nitrogens is 3. The van der Waals surface area contributed by atoms with Crippen LogP contribution in [0.15, 0.2) is 23.0 Å². The summed E-state index contributed by atoms with van der Waals surface area (Å²) in [6, 6.07) is 1.99. The number of piperidine rings is 1. The molecule has 6 nitrogen and oxygen atoms in total. The van der Waals surface area contributed by atoms with E-state index in [4.69, 9.17) is 9.26 Å². The van der Waals surface area contributed by atoms with Crippen LogP contribution < -0.4 is 4.74 Å². The lowest BCUT2D eigenvalue weighted by molar-refractivity contribution is 0.0915. The van der Waals surface area contributed by atoms with Crippen LogP contribution in [0.5, 0.6) is 5.88 Å². The third-order valence-corrected chi connectivity index (χ3v) is 3.62. The number of rotatable bonds is 4. The molecular weight excluding hydrogens is 268 g/mol. The van der Waals surface area contributed by atoms with Gasteiger partial charge in [-0.3, -0.25) is 9.88 Å². The summed E-state index contributed by atoms with van der Waals surface area (Å²) in [4.78, 5) is 10.8. The fraction of sp³-hybridized carbons (Fsp3) is 0.533. The number of aryl methyl sites for hydroxylation is 2.